The topological polar surface area (TPSA) is 64.7 Å². The first-order valence-electron chi connectivity index (χ1n) is 4.08. The number of hydrogen-bond donors (Lipinski definition) is 1. The van der Waals surface area contributed by atoms with Crippen LogP contribution in [-0.2, 0) is 0 Å². The van der Waals surface area contributed by atoms with Crippen molar-refractivity contribution in [3.63, 3.8) is 0 Å². The predicted octanol–water partition coefficient (Wildman–Crippen LogP) is -0.0854. The molecule has 0 aliphatic carbocycles. The van der Waals surface area contributed by atoms with Crippen LogP contribution in [0.2, 0.25) is 0 Å². The van der Waals surface area contributed by atoms with Crippen molar-refractivity contribution >= 4 is 26.8 Å². The van der Waals surface area contributed by atoms with Crippen LogP contribution in [-0.4, -0.2) is 31.5 Å². The molecule has 0 aliphatic heterocycles. The molecule has 14 heavy (non-hydrogen) atoms. The minimum atomic E-state index is 0.190. The molecule has 1 heterocycles. The van der Waals surface area contributed by atoms with Crippen LogP contribution in [0.1, 0.15) is 0 Å². The number of anilines is 1. The smallest absolute Gasteiger partial charge is 0.240 e. The Balaban J connectivity index is 2.57. The Morgan fingerprint density at radius 2 is 1.79 bits per heavy atom. The fourth-order valence-electron chi connectivity index (χ4n) is 1.16. The Morgan fingerprint density at radius 1 is 1.07 bits per heavy atom. The molecule has 4 nitrogen and oxygen atoms in total. The van der Waals surface area contributed by atoms with Gasteiger partial charge in [-0.3, -0.25) is 0 Å². The second-order valence-corrected chi connectivity index (χ2v) is 3.32. The molecule has 2 radical (unpaired) electrons. The Morgan fingerprint density at radius 3 is 2.50 bits per heavy atom. The lowest BCUT2D eigenvalue weighted by Crippen LogP contribution is -2.17. The second kappa shape index (κ2) is 3.74. The van der Waals surface area contributed by atoms with E-state index in [-0.39, 0.29) is 5.95 Å². The molecule has 0 unspecified atom stereocenters. The highest BCUT2D eigenvalue weighted by Gasteiger charge is 2.03. The van der Waals surface area contributed by atoms with Gasteiger partial charge in [-0.25, -0.2) is 4.98 Å². The third-order valence-electron chi connectivity index (χ3n) is 1.78. The lowest BCUT2D eigenvalue weighted by Gasteiger charge is -2.04. The monoisotopic (exact) mass is 198 g/mol. The van der Waals surface area contributed by atoms with Crippen LogP contribution in [0.15, 0.2) is 30.3 Å². The van der Waals surface area contributed by atoms with Gasteiger partial charge in [0, 0.05) is 5.56 Å². The molecule has 0 bridgehead atoms. The number of rotatable bonds is 1. The molecule has 0 saturated heterocycles. The zero-order valence-corrected chi connectivity index (χ0v) is 8.54. The molecule has 2 aromatic rings. The third kappa shape index (κ3) is 1.74. The summed E-state index contributed by atoms with van der Waals surface area (Å²) in [4.78, 5) is 4.13. The van der Waals surface area contributed by atoms with Crippen LogP contribution in [0.5, 0.6) is 0 Å². The Kier molecular flexibility index (Phi) is 2.44. The minimum Gasteiger partial charge on any atom is -0.366 e. The van der Waals surface area contributed by atoms with Crippen molar-refractivity contribution in [3.05, 3.63) is 30.3 Å². The van der Waals surface area contributed by atoms with E-state index >= 15 is 0 Å². The van der Waals surface area contributed by atoms with Gasteiger partial charge < -0.3 is 5.73 Å². The summed E-state index contributed by atoms with van der Waals surface area (Å²) >= 11 is 2.49. The molecule has 0 spiro atoms. The highest BCUT2D eigenvalue weighted by Crippen LogP contribution is 2.12. The summed E-state index contributed by atoms with van der Waals surface area (Å²) in [6, 6.07) is 9.74. The normalized spacial score (nSPS) is 10.0. The standard InChI is InChI=1S/C9H7N4.Al/c10-9-12-8(6-11-13-9)7-4-2-1-3-5-7;/h1-5H,(H2,10,12,13);. The lowest BCUT2D eigenvalue weighted by atomic mass is 10.2. The van der Waals surface area contributed by atoms with Crippen molar-refractivity contribution in [2.24, 2.45) is 0 Å². The average Bonchev–Trinajstić information content (AvgIpc) is 2.23. The SMILES string of the molecule is Nc1nn[c]([Al])c(-c2ccccc2)n1. The largest absolute Gasteiger partial charge is 0.366 e. The first-order valence-corrected chi connectivity index (χ1v) is 4.66. The van der Waals surface area contributed by atoms with Gasteiger partial charge >= 0.3 is 0 Å². The quantitative estimate of drug-likeness (QED) is 0.650. The highest BCUT2D eigenvalue weighted by molar-refractivity contribution is 6.33. The van der Waals surface area contributed by atoms with Crippen LogP contribution in [0.3, 0.4) is 0 Å². The first-order chi connectivity index (χ1) is 6.77. The van der Waals surface area contributed by atoms with Crippen LogP contribution in [0.4, 0.5) is 5.95 Å². The van der Waals surface area contributed by atoms with E-state index < -0.39 is 0 Å². The molecular formula is C9H7AlN4. The molecule has 2 rings (SSSR count). The fraction of sp³-hybridized carbons (Fsp3) is 0. The lowest BCUT2D eigenvalue weighted by molar-refractivity contribution is 1.02. The van der Waals surface area contributed by atoms with Crippen molar-refractivity contribution in [1.82, 2.24) is 15.2 Å². The maximum Gasteiger partial charge on any atom is 0.240 e. The summed E-state index contributed by atoms with van der Waals surface area (Å²) in [5.74, 6) is 0.190. The van der Waals surface area contributed by atoms with Crippen molar-refractivity contribution in [3.8, 4) is 11.3 Å². The van der Waals surface area contributed by atoms with E-state index in [1.54, 1.807) is 0 Å². The highest BCUT2D eigenvalue weighted by atomic mass is 27.0. The Hall–Kier alpha value is -1.44. The van der Waals surface area contributed by atoms with Crippen molar-refractivity contribution in [2.45, 2.75) is 0 Å². The number of nitrogens with zero attached hydrogens (tertiary/aromatic N) is 3. The van der Waals surface area contributed by atoms with Gasteiger partial charge in [0.05, 0.1) is 5.69 Å². The van der Waals surface area contributed by atoms with E-state index in [0.717, 1.165) is 11.3 Å². The van der Waals surface area contributed by atoms with Gasteiger partial charge in [-0.2, -0.15) is 5.10 Å². The third-order valence-corrected chi connectivity index (χ3v) is 2.17. The van der Waals surface area contributed by atoms with Crippen LogP contribution < -0.4 is 10.3 Å². The van der Waals surface area contributed by atoms with Crippen molar-refractivity contribution in [1.29, 1.82) is 0 Å². The van der Waals surface area contributed by atoms with Gasteiger partial charge in [-0.1, -0.05) is 30.3 Å². The number of benzene rings is 1. The molecule has 0 aliphatic rings. The summed E-state index contributed by atoms with van der Waals surface area (Å²) in [5, 5.41) is 7.54. The van der Waals surface area contributed by atoms with E-state index in [4.69, 9.17) is 5.73 Å². The maximum atomic E-state index is 5.47. The van der Waals surface area contributed by atoms with Gasteiger partial charge in [-0.15, -0.1) is 5.10 Å². The van der Waals surface area contributed by atoms with Crippen LogP contribution >= 0.6 is 0 Å². The number of hydrogen-bond acceptors (Lipinski definition) is 4. The molecule has 0 saturated carbocycles. The molecule has 0 fully saturated rings. The van der Waals surface area contributed by atoms with Gasteiger partial charge in [0.2, 0.25) is 22.2 Å². The van der Waals surface area contributed by atoms with Gasteiger partial charge in [-0.05, 0) is 4.56 Å². The first kappa shape index (κ1) is 9.13. The number of aromatic nitrogens is 3. The minimum absolute atomic E-state index is 0.190. The number of nitrogen functional groups attached to an aromatic ring is 1. The van der Waals surface area contributed by atoms with E-state index in [0.29, 0.717) is 4.56 Å². The average molecular weight is 198 g/mol. The molecule has 1 aromatic heterocycles. The summed E-state index contributed by atoms with van der Waals surface area (Å²) in [5.41, 5.74) is 7.21. The summed E-state index contributed by atoms with van der Waals surface area (Å²) < 4.78 is 0.699. The Bertz CT molecular complexity index is 444. The molecule has 0 atom stereocenters. The zero-order valence-electron chi connectivity index (χ0n) is 7.38. The predicted molar refractivity (Wildman–Crippen MR) is 55.1 cm³/mol. The number of nitrogens with two attached hydrogens (primary N) is 1. The van der Waals surface area contributed by atoms with Crippen LogP contribution in [0.25, 0.3) is 11.3 Å². The molecule has 2 N–H and O–H groups in total. The molecule has 1 aromatic carbocycles. The van der Waals surface area contributed by atoms with E-state index in [1.165, 1.54) is 0 Å². The fourth-order valence-corrected chi connectivity index (χ4v) is 1.44. The van der Waals surface area contributed by atoms with Gasteiger partial charge in [0.1, 0.15) is 0 Å². The molecule has 0 amide bonds. The summed E-state index contributed by atoms with van der Waals surface area (Å²) in [7, 11) is 0. The van der Waals surface area contributed by atoms with Gasteiger partial charge in [0.25, 0.3) is 0 Å². The molecular weight excluding hydrogens is 191 g/mol. The zero-order chi connectivity index (χ0) is 9.97. The van der Waals surface area contributed by atoms with Crippen LogP contribution in [0, 0.1) is 0 Å². The Labute approximate surface area is 89.6 Å². The summed E-state index contributed by atoms with van der Waals surface area (Å²) in [6.07, 6.45) is 0. The van der Waals surface area contributed by atoms with Crippen molar-refractivity contribution < 1.29 is 0 Å². The van der Waals surface area contributed by atoms with Gasteiger partial charge in [0.15, 0.2) is 0 Å². The maximum absolute atomic E-state index is 5.47. The van der Waals surface area contributed by atoms with E-state index in [2.05, 4.69) is 31.5 Å². The van der Waals surface area contributed by atoms with E-state index in [1.807, 2.05) is 30.3 Å². The summed E-state index contributed by atoms with van der Waals surface area (Å²) in [6.45, 7) is 0. The van der Waals surface area contributed by atoms with Crippen molar-refractivity contribution in [2.75, 3.05) is 5.73 Å². The van der Waals surface area contributed by atoms with E-state index in [9.17, 15) is 0 Å². The molecule has 5 heteroatoms. The second-order valence-electron chi connectivity index (χ2n) is 2.77. The molecule has 66 valence electrons.